The van der Waals surface area contributed by atoms with Gasteiger partial charge in [0.05, 0.1) is 4.91 Å². The van der Waals surface area contributed by atoms with Crippen molar-refractivity contribution >= 4 is 57.2 Å². The van der Waals surface area contributed by atoms with Crippen LogP contribution in [-0.2, 0) is 4.79 Å². The van der Waals surface area contributed by atoms with Crippen molar-refractivity contribution in [1.29, 1.82) is 0 Å². The molecule has 0 N–H and O–H groups in total. The second-order valence-corrected chi connectivity index (χ2v) is 10.4. The van der Waals surface area contributed by atoms with E-state index in [9.17, 15) is 9.59 Å². The molecular weight excluding hydrogens is 478 g/mol. The quantitative estimate of drug-likeness (QED) is 0.130. The maximum absolute atomic E-state index is 13.0. The summed E-state index contributed by atoms with van der Waals surface area (Å²) in [5, 5.41) is 0.891. The number of thioether (sulfide) groups is 1. The summed E-state index contributed by atoms with van der Waals surface area (Å²) < 4.78 is 11.8. The molecule has 1 amide bonds. The van der Waals surface area contributed by atoms with E-state index < -0.39 is 5.97 Å². The summed E-state index contributed by atoms with van der Waals surface area (Å²) in [5.41, 5.74) is 2.24. The van der Waals surface area contributed by atoms with Gasteiger partial charge in [-0.05, 0) is 49.1 Å². The van der Waals surface area contributed by atoms with Crippen LogP contribution < -0.4 is 4.74 Å². The summed E-state index contributed by atoms with van der Waals surface area (Å²) in [7, 11) is 0. The van der Waals surface area contributed by atoms with E-state index in [2.05, 4.69) is 13.8 Å². The van der Waals surface area contributed by atoms with Crippen molar-refractivity contribution < 1.29 is 18.7 Å². The molecule has 1 aliphatic heterocycles. The van der Waals surface area contributed by atoms with Crippen molar-refractivity contribution in [3.8, 4) is 5.75 Å². The number of para-hydroxylation sites is 1. The number of carbonyl (C=O) groups is 2. The number of aryl methyl sites for hydroxylation is 1. The van der Waals surface area contributed by atoms with Gasteiger partial charge in [-0.2, -0.15) is 0 Å². The molecule has 7 heteroatoms. The van der Waals surface area contributed by atoms with Gasteiger partial charge in [0, 0.05) is 17.5 Å². The van der Waals surface area contributed by atoms with Crippen LogP contribution in [0, 0.1) is 12.8 Å². The summed E-state index contributed by atoms with van der Waals surface area (Å²) in [5.74, 6) is 0.484. The zero-order valence-corrected chi connectivity index (χ0v) is 21.8. The third kappa shape index (κ3) is 5.68. The highest BCUT2D eigenvalue weighted by Crippen LogP contribution is 2.34. The van der Waals surface area contributed by atoms with Gasteiger partial charge in [0.15, 0.2) is 0 Å². The minimum atomic E-state index is -0.541. The first-order valence-corrected chi connectivity index (χ1v) is 13.2. The van der Waals surface area contributed by atoms with Gasteiger partial charge in [-0.3, -0.25) is 9.69 Å². The van der Waals surface area contributed by atoms with E-state index in [-0.39, 0.29) is 11.7 Å². The fourth-order valence-electron chi connectivity index (χ4n) is 4.14. The van der Waals surface area contributed by atoms with Crippen molar-refractivity contribution in [1.82, 2.24) is 4.90 Å². The molecule has 3 aromatic rings. The number of hydrogen-bond donors (Lipinski definition) is 0. The zero-order valence-electron chi connectivity index (χ0n) is 20.2. The smallest absolute Gasteiger partial charge is 0.379 e. The lowest BCUT2D eigenvalue weighted by molar-refractivity contribution is -0.122. The van der Waals surface area contributed by atoms with Gasteiger partial charge >= 0.3 is 5.97 Å². The number of nitrogens with zero attached hydrogens (tertiary/aromatic N) is 1. The van der Waals surface area contributed by atoms with Crippen molar-refractivity contribution in [2.24, 2.45) is 5.92 Å². The Morgan fingerprint density at radius 3 is 2.60 bits per heavy atom. The van der Waals surface area contributed by atoms with Crippen molar-refractivity contribution in [3.63, 3.8) is 0 Å². The molecule has 0 radical (unpaired) electrons. The number of ether oxygens (including phenoxy) is 1. The average molecular weight is 508 g/mol. The average Bonchev–Trinajstić information content (AvgIpc) is 3.33. The lowest BCUT2D eigenvalue weighted by Gasteiger charge is -2.21. The van der Waals surface area contributed by atoms with Gasteiger partial charge in [0.1, 0.15) is 15.7 Å². The van der Waals surface area contributed by atoms with Crippen LogP contribution in [0.15, 0.2) is 57.9 Å². The topological polar surface area (TPSA) is 59.8 Å². The van der Waals surface area contributed by atoms with Gasteiger partial charge in [-0.15, -0.1) is 0 Å². The number of furan rings is 1. The van der Waals surface area contributed by atoms with Crippen LogP contribution in [-0.4, -0.2) is 27.6 Å². The second-order valence-electron chi connectivity index (χ2n) is 8.72. The number of fused-ring (bicyclic) bond motifs is 1. The number of carbonyl (C=O) groups excluding carboxylic acids is 2. The largest absolute Gasteiger partial charge is 0.449 e. The van der Waals surface area contributed by atoms with Crippen LogP contribution in [0.25, 0.3) is 17.0 Å². The Morgan fingerprint density at radius 1 is 1.17 bits per heavy atom. The number of amides is 1. The predicted octanol–water partition coefficient (Wildman–Crippen LogP) is 7.38. The Bertz CT molecular complexity index is 1280. The molecule has 1 fully saturated rings. The molecule has 182 valence electrons. The number of unbranched alkanes of at least 4 members (excludes halogenated alkanes) is 1. The number of rotatable bonds is 9. The minimum Gasteiger partial charge on any atom is -0.449 e. The maximum Gasteiger partial charge on any atom is 0.379 e. The highest BCUT2D eigenvalue weighted by Gasteiger charge is 2.33. The summed E-state index contributed by atoms with van der Waals surface area (Å²) in [6.07, 6.45) is 6.29. The van der Waals surface area contributed by atoms with Crippen molar-refractivity contribution in [2.75, 3.05) is 6.54 Å². The Kier molecular flexibility index (Phi) is 8.08. The fraction of sp³-hybridized carbons (Fsp3) is 0.321. The SMILES string of the molecule is CCCC[C@@H](CC)CN1C(=O)/C(=C\c2ccc(OC(=O)c3oc4ccccc4c3C)cc2)SC1=S. The van der Waals surface area contributed by atoms with Crippen molar-refractivity contribution in [3.05, 3.63) is 70.3 Å². The van der Waals surface area contributed by atoms with E-state index in [4.69, 9.17) is 21.4 Å². The Hall–Kier alpha value is -2.90. The lowest BCUT2D eigenvalue weighted by Crippen LogP contribution is -2.33. The number of benzene rings is 2. The molecule has 1 aliphatic rings. The monoisotopic (exact) mass is 507 g/mol. The predicted molar refractivity (Wildman–Crippen MR) is 146 cm³/mol. The third-order valence-electron chi connectivity index (χ3n) is 6.28. The van der Waals surface area contributed by atoms with Gasteiger partial charge < -0.3 is 9.15 Å². The van der Waals surface area contributed by atoms with E-state index in [1.54, 1.807) is 17.0 Å². The first-order valence-electron chi connectivity index (χ1n) is 12.0. The van der Waals surface area contributed by atoms with E-state index in [1.807, 2.05) is 49.4 Å². The van der Waals surface area contributed by atoms with Gasteiger partial charge in [-0.1, -0.05) is 87.4 Å². The van der Waals surface area contributed by atoms with E-state index in [0.717, 1.165) is 42.2 Å². The second kappa shape index (κ2) is 11.2. The van der Waals surface area contributed by atoms with Gasteiger partial charge in [-0.25, -0.2) is 4.79 Å². The molecule has 0 spiro atoms. The van der Waals surface area contributed by atoms with E-state index >= 15 is 0 Å². The molecule has 2 heterocycles. The highest BCUT2D eigenvalue weighted by molar-refractivity contribution is 8.26. The normalized spacial score (nSPS) is 15.9. The van der Waals surface area contributed by atoms with Crippen LogP contribution in [0.1, 0.15) is 61.2 Å². The van der Waals surface area contributed by atoms with E-state index in [1.165, 1.54) is 11.8 Å². The first kappa shape index (κ1) is 25.2. The van der Waals surface area contributed by atoms with Crippen LogP contribution >= 0.6 is 24.0 Å². The number of esters is 1. The first-order chi connectivity index (χ1) is 16.9. The zero-order chi connectivity index (χ0) is 24.9. The molecule has 1 saturated heterocycles. The Balaban J connectivity index is 1.42. The lowest BCUT2D eigenvalue weighted by atomic mass is 9.99. The summed E-state index contributed by atoms with van der Waals surface area (Å²) in [6.45, 7) is 6.86. The third-order valence-corrected chi connectivity index (χ3v) is 7.65. The molecule has 4 rings (SSSR count). The van der Waals surface area contributed by atoms with Crippen LogP contribution in [0.5, 0.6) is 5.75 Å². The summed E-state index contributed by atoms with van der Waals surface area (Å²) in [4.78, 5) is 28.0. The summed E-state index contributed by atoms with van der Waals surface area (Å²) in [6, 6.07) is 14.6. The molecule has 2 aromatic carbocycles. The molecule has 35 heavy (non-hydrogen) atoms. The molecule has 0 unspecified atom stereocenters. The Labute approximate surface area is 215 Å². The fourth-order valence-corrected chi connectivity index (χ4v) is 5.41. The van der Waals surface area contributed by atoms with Crippen LogP contribution in [0.2, 0.25) is 0 Å². The molecule has 1 aromatic heterocycles. The van der Waals surface area contributed by atoms with Crippen molar-refractivity contribution in [2.45, 2.75) is 46.5 Å². The Morgan fingerprint density at radius 2 is 1.91 bits per heavy atom. The molecule has 0 bridgehead atoms. The highest BCUT2D eigenvalue weighted by atomic mass is 32.2. The van der Waals surface area contributed by atoms with E-state index in [0.29, 0.717) is 33.0 Å². The molecule has 0 saturated carbocycles. The maximum atomic E-state index is 13.0. The van der Waals surface area contributed by atoms with Gasteiger partial charge in [0.25, 0.3) is 5.91 Å². The van der Waals surface area contributed by atoms with Crippen LogP contribution in [0.3, 0.4) is 0 Å². The number of hydrogen-bond acceptors (Lipinski definition) is 6. The molecule has 5 nitrogen and oxygen atoms in total. The van der Waals surface area contributed by atoms with Crippen LogP contribution in [0.4, 0.5) is 0 Å². The minimum absolute atomic E-state index is 0.0363. The molecule has 1 atom stereocenters. The summed E-state index contributed by atoms with van der Waals surface area (Å²) >= 11 is 6.84. The number of thiocarbonyl (C=S) groups is 1. The standard InChI is InChI=1S/C28H29NO4S2/c1-4-6-9-19(5-2)17-29-26(30)24(35-28(29)34)16-20-12-14-21(15-13-20)32-27(31)25-18(3)22-10-7-8-11-23(22)33-25/h7-8,10-16,19H,4-6,9,17H2,1-3H3/b24-16+/t19-/m1/s1. The van der Waals surface area contributed by atoms with Gasteiger partial charge in [0.2, 0.25) is 5.76 Å². The molecule has 0 aliphatic carbocycles. The molecular formula is C28H29NO4S2.